The Morgan fingerprint density at radius 3 is 2.74 bits per heavy atom. The Hall–Kier alpha value is -1.79. The molecule has 1 unspecified atom stereocenters. The average molecular weight is 343 g/mol. The summed E-state index contributed by atoms with van der Waals surface area (Å²) in [6.07, 6.45) is 0. The van der Waals surface area contributed by atoms with Gasteiger partial charge in [-0.1, -0.05) is 19.1 Å². The molecule has 1 saturated heterocycles. The van der Waals surface area contributed by atoms with Gasteiger partial charge in [-0.3, -0.25) is 4.79 Å². The van der Waals surface area contributed by atoms with E-state index < -0.39 is 5.97 Å². The largest absolute Gasteiger partial charge is 0.482 e. The van der Waals surface area contributed by atoms with Crippen molar-refractivity contribution in [1.29, 1.82) is 0 Å². The summed E-state index contributed by atoms with van der Waals surface area (Å²) in [6.45, 7) is 4.09. The summed E-state index contributed by atoms with van der Waals surface area (Å²) in [6, 6.07) is 7.30. The normalized spacial score (nSPS) is 14.9. The Morgan fingerprint density at radius 2 is 2.13 bits per heavy atom. The van der Waals surface area contributed by atoms with E-state index in [0.717, 1.165) is 18.7 Å². The van der Waals surface area contributed by atoms with Crippen molar-refractivity contribution in [3.05, 3.63) is 29.8 Å². The van der Waals surface area contributed by atoms with Crippen LogP contribution in [-0.4, -0.2) is 38.7 Å². The van der Waals surface area contributed by atoms with Crippen molar-refractivity contribution in [3.63, 3.8) is 0 Å². The van der Waals surface area contributed by atoms with E-state index in [1.807, 2.05) is 19.1 Å². The lowest BCUT2D eigenvalue weighted by atomic mass is 9.88. The maximum atomic E-state index is 12.1. The fourth-order valence-corrected chi connectivity index (χ4v) is 2.18. The highest BCUT2D eigenvalue weighted by molar-refractivity contribution is 5.85. The summed E-state index contributed by atoms with van der Waals surface area (Å²) in [5, 5.41) is 6.11. The number of rotatable bonds is 7. The van der Waals surface area contributed by atoms with E-state index in [1.54, 1.807) is 12.1 Å². The molecule has 0 spiro atoms. The SMILES string of the molecule is COC(=O)COc1cccc(CNC(=O)C(C)C2CNC2)c1.Cl. The molecule has 1 amide bonds. The first-order valence-electron chi connectivity index (χ1n) is 7.37. The van der Waals surface area contributed by atoms with Gasteiger partial charge in [0.25, 0.3) is 0 Å². The number of nitrogens with one attached hydrogen (secondary N) is 2. The van der Waals surface area contributed by atoms with Gasteiger partial charge in [0, 0.05) is 12.5 Å². The number of halogens is 1. The monoisotopic (exact) mass is 342 g/mol. The van der Waals surface area contributed by atoms with Crippen LogP contribution < -0.4 is 15.4 Å². The van der Waals surface area contributed by atoms with E-state index in [9.17, 15) is 9.59 Å². The van der Waals surface area contributed by atoms with Crippen LogP contribution in [0.1, 0.15) is 12.5 Å². The highest BCUT2D eigenvalue weighted by atomic mass is 35.5. The smallest absolute Gasteiger partial charge is 0.343 e. The molecule has 7 heteroatoms. The predicted octanol–water partition coefficient (Wildman–Crippen LogP) is 1.13. The third-order valence-corrected chi connectivity index (χ3v) is 3.88. The molecule has 1 atom stereocenters. The molecule has 1 fully saturated rings. The molecule has 1 aliphatic rings. The lowest BCUT2D eigenvalue weighted by Crippen LogP contribution is -2.49. The average Bonchev–Trinajstić information content (AvgIpc) is 2.48. The molecule has 0 saturated carbocycles. The van der Waals surface area contributed by atoms with Crippen molar-refractivity contribution < 1.29 is 19.1 Å². The Balaban J connectivity index is 0.00000264. The van der Waals surface area contributed by atoms with Crippen LogP contribution in [0.3, 0.4) is 0 Å². The molecule has 1 aliphatic heterocycles. The molecule has 0 aromatic heterocycles. The van der Waals surface area contributed by atoms with Crippen LogP contribution in [0.25, 0.3) is 0 Å². The number of benzene rings is 1. The highest BCUT2D eigenvalue weighted by Gasteiger charge is 2.28. The molecule has 1 aromatic rings. The summed E-state index contributed by atoms with van der Waals surface area (Å²) >= 11 is 0. The number of amides is 1. The van der Waals surface area contributed by atoms with E-state index in [-0.39, 0.29) is 30.8 Å². The Kier molecular flexibility index (Phi) is 7.85. The van der Waals surface area contributed by atoms with Gasteiger partial charge < -0.3 is 20.1 Å². The molecular weight excluding hydrogens is 320 g/mol. The molecule has 6 nitrogen and oxygen atoms in total. The first-order chi connectivity index (χ1) is 10.6. The molecular formula is C16H23ClN2O4. The molecule has 2 N–H and O–H groups in total. The zero-order valence-corrected chi connectivity index (χ0v) is 14.2. The van der Waals surface area contributed by atoms with Crippen molar-refractivity contribution in [1.82, 2.24) is 10.6 Å². The van der Waals surface area contributed by atoms with Gasteiger partial charge in [-0.15, -0.1) is 12.4 Å². The number of carbonyl (C=O) groups is 2. The topological polar surface area (TPSA) is 76.7 Å². The Labute approximate surface area is 142 Å². The zero-order chi connectivity index (χ0) is 15.9. The first-order valence-corrected chi connectivity index (χ1v) is 7.37. The first kappa shape index (κ1) is 19.3. The van der Waals surface area contributed by atoms with E-state index in [1.165, 1.54) is 7.11 Å². The van der Waals surface area contributed by atoms with Gasteiger partial charge in [0.15, 0.2) is 6.61 Å². The number of carbonyl (C=O) groups excluding carboxylic acids is 2. The molecule has 0 radical (unpaired) electrons. The van der Waals surface area contributed by atoms with Gasteiger partial charge in [-0.2, -0.15) is 0 Å². The molecule has 0 bridgehead atoms. The fourth-order valence-electron chi connectivity index (χ4n) is 2.18. The van der Waals surface area contributed by atoms with E-state index >= 15 is 0 Å². The summed E-state index contributed by atoms with van der Waals surface area (Å²) in [4.78, 5) is 23.1. The van der Waals surface area contributed by atoms with Crippen LogP contribution in [0, 0.1) is 11.8 Å². The standard InChI is InChI=1S/C16H22N2O4.ClH/c1-11(13-8-17-9-13)16(20)18-7-12-4-3-5-14(6-12)22-10-15(19)21-2;/h3-6,11,13,17H,7-10H2,1-2H3,(H,18,20);1H. The highest BCUT2D eigenvalue weighted by Crippen LogP contribution is 2.17. The minimum Gasteiger partial charge on any atom is -0.482 e. The third-order valence-electron chi connectivity index (χ3n) is 3.88. The lowest BCUT2D eigenvalue weighted by molar-refractivity contribution is -0.142. The van der Waals surface area contributed by atoms with Crippen LogP contribution in [0.4, 0.5) is 0 Å². The van der Waals surface area contributed by atoms with Gasteiger partial charge in [0.05, 0.1) is 7.11 Å². The van der Waals surface area contributed by atoms with Crippen LogP contribution in [0.5, 0.6) is 5.75 Å². The van der Waals surface area contributed by atoms with Gasteiger partial charge in [-0.05, 0) is 36.7 Å². The van der Waals surface area contributed by atoms with Gasteiger partial charge >= 0.3 is 5.97 Å². The van der Waals surface area contributed by atoms with Crippen molar-refractivity contribution in [2.75, 3.05) is 26.8 Å². The Bertz CT molecular complexity index is 535. The molecule has 2 rings (SSSR count). The van der Waals surface area contributed by atoms with Crippen molar-refractivity contribution in [2.24, 2.45) is 11.8 Å². The molecule has 0 aliphatic carbocycles. The second kappa shape index (κ2) is 9.37. The van der Waals surface area contributed by atoms with E-state index in [2.05, 4.69) is 15.4 Å². The summed E-state index contributed by atoms with van der Waals surface area (Å²) < 4.78 is 9.84. The number of methoxy groups -OCH3 is 1. The Morgan fingerprint density at radius 1 is 1.39 bits per heavy atom. The van der Waals surface area contributed by atoms with E-state index in [0.29, 0.717) is 18.2 Å². The van der Waals surface area contributed by atoms with Gasteiger partial charge in [0.2, 0.25) is 5.91 Å². The lowest BCUT2D eigenvalue weighted by Gasteiger charge is -2.31. The van der Waals surface area contributed by atoms with Crippen LogP contribution in [0.15, 0.2) is 24.3 Å². The maximum absolute atomic E-state index is 12.1. The summed E-state index contributed by atoms with van der Waals surface area (Å²) in [5.41, 5.74) is 0.926. The van der Waals surface area contributed by atoms with E-state index in [4.69, 9.17) is 4.74 Å². The second-order valence-electron chi connectivity index (χ2n) is 5.44. The van der Waals surface area contributed by atoms with Crippen LogP contribution >= 0.6 is 12.4 Å². The predicted molar refractivity (Wildman–Crippen MR) is 88.6 cm³/mol. The number of hydrogen-bond donors (Lipinski definition) is 2. The second-order valence-corrected chi connectivity index (χ2v) is 5.44. The molecule has 128 valence electrons. The van der Waals surface area contributed by atoms with Crippen LogP contribution in [0.2, 0.25) is 0 Å². The minimum absolute atomic E-state index is 0. The summed E-state index contributed by atoms with van der Waals surface area (Å²) in [7, 11) is 1.32. The minimum atomic E-state index is -0.429. The molecule has 1 heterocycles. The third kappa shape index (κ3) is 5.73. The van der Waals surface area contributed by atoms with Crippen molar-refractivity contribution in [3.8, 4) is 5.75 Å². The van der Waals surface area contributed by atoms with Crippen molar-refractivity contribution in [2.45, 2.75) is 13.5 Å². The fraction of sp³-hybridized carbons (Fsp3) is 0.500. The number of esters is 1. The quantitative estimate of drug-likeness (QED) is 0.726. The zero-order valence-electron chi connectivity index (χ0n) is 13.3. The summed E-state index contributed by atoms with van der Waals surface area (Å²) in [5.74, 6) is 0.650. The molecule has 23 heavy (non-hydrogen) atoms. The molecule has 1 aromatic carbocycles. The number of ether oxygens (including phenoxy) is 2. The van der Waals surface area contributed by atoms with Gasteiger partial charge in [-0.25, -0.2) is 4.79 Å². The maximum Gasteiger partial charge on any atom is 0.343 e. The van der Waals surface area contributed by atoms with Crippen molar-refractivity contribution >= 4 is 24.3 Å². The van der Waals surface area contributed by atoms with Crippen LogP contribution in [-0.2, 0) is 20.9 Å². The number of hydrogen-bond acceptors (Lipinski definition) is 5. The van der Waals surface area contributed by atoms with Gasteiger partial charge in [0.1, 0.15) is 5.75 Å².